The van der Waals surface area contributed by atoms with Crippen molar-refractivity contribution in [1.82, 2.24) is 0 Å². The third-order valence-electron chi connectivity index (χ3n) is 7.03. The van der Waals surface area contributed by atoms with E-state index >= 15 is 0 Å². The maximum absolute atomic E-state index is 12.1. The molecule has 0 spiro atoms. The summed E-state index contributed by atoms with van der Waals surface area (Å²) in [4.78, 5) is 24.1. The highest BCUT2D eigenvalue weighted by Crippen LogP contribution is 2.10. The van der Waals surface area contributed by atoms with Crippen LogP contribution in [0.5, 0.6) is 0 Å². The molecule has 0 aromatic heterocycles. The summed E-state index contributed by atoms with van der Waals surface area (Å²) in [7, 11) is 0. The summed E-state index contributed by atoms with van der Waals surface area (Å²) in [6.45, 7) is 3.94. The molecular weight excluding hydrogens is 560 g/mol. The van der Waals surface area contributed by atoms with Crippen LogP contribution in [0.15, 0.2) is 85.1 Å². The maximum atomic E-state index is 12.1. The van der Waals surface area contributed by atoms with Gasteiger partial charge in [0.05, 0.1) is 6.61 Å². The minimum absolute atomic E-state index is 0.112. The van der Waals surface area contributed by atoms with Crippen LogP contribution in [0.3, 0.4) is 0 Å². The van der Waals surface area contributed by atoms with Crippen molar-refractivity contribution in [3.05, 3.63) is 85.1 Å². The number of aliphatic hydroxyl groups excluding tert-OH is 1. The highest BCUT2D eigenvalue weighted by molar-refractivity contribution is 5.70. The lowest BCUT2D eigenvalue weighted by Gasteiger charge is -2.15. The molecule has 0 saturated heterocycles. The van der Waals surface area contributed by atoms with E-state index in [0.29, 0.717) is 12.8 Å². The van der Waals surface area contributed by atoms with Crippen molar-refractivity contribution in [2.75, 3.05) is 13.2 Å². The molecule has 45 heavy (non-hydrogen) atoms. The first kappa shape index (κ1) is 42.1. The molecule has 5 nitrogen and oxygen atoms in total. The van der Waals surface area contributed by atoms with Crippen LogP contribution in [0, 0.1) is 0 Å². The zero-order valence-electron chi connectivity index (χ0n) is 28.6. The first-order valence-corrected chi connectivity index (χ1v) is 17.7. The van der Waals surface area contributed by atoms with Crippen molar-refractivity contribution in [2.45, 2.75) is 142 Å². The molecule has 0 heterocycles. The molecule has 0 amide bonds. The molecule has 0 aliphatic rings. The Labute approximate surface area is 275 Å². The third-order valence-corrected chi connectivity index (χ3v) is 7.03. The zero-order valence-corrected chi connectivity index (χ0v) is 28.6. The molecule has 0 aromatic rings. The molecule has 0 bridgehead atoms. The van der Waals surface area contributed by atoms with E-state index in [2.05, 4.69) is 56.4 Å². The molecule has 0 rings (SSSR count). The summed E-state index contributed by atoms with van der Waals surface area (Å²) in [6.07, 6.45) is 47.8. The molecule has 0 aliphatic heterocycles. The second-order valence-electron chi connectivity index (χ2n) is 11.4. The Bertz CT molecular complexity index is 890. The second-order valence-corrected chi connectivity index (χ2v) is 11.4. The number of aliphatic hydroxyl groups is 1. The maximum Gasteiger partial charge on any atom is 0.306 e. The van der Waals surface area contributed by atoms with E-state index in [0.717, 1.165) is 57.8 Å². The molecule has 0 aliphatic carbocycles. The lowest BCUT2D eigenvalue weighted by Crippen LogP contribution is -2.28. The number of esters is 2. The summed E-state index contributed by atoms with van der Waals surface area (Å²) in [5, 5.41) is 9.51. The Morgan fingerprint density at radius 3 is 1.69 bits per heavy atom. The molecule has 1 N–H and O–H groups in total. The van der Waals surface area contributed by atoms with Crippen LogP contribution in [0.4, 0.5) is 0 Å². The fraction of sp³-hybridized carbons (Fsp3) is 0.600. The highest BCUT2D eigenvalue weighted by atomic mass is 16.6. The van der Waals surface area contributed by atoms with Crippen LogP contribution in [0.1, 0.15) is 136 Å². The van der Waals surface area contributed by atoms with Crippen molar-refractivity contribution in [2.24, 2.45) is 0 Å². The van der Waals surface area contributed by atoms with E-state index in [1.807, 2.05) is 42.5 Å². The summed E-state index contributed by atoms with van der Waals surface area (Å²) in [6, 6.07) is 0. The number of hydrogen-bond acceptors (Lipinski definition) is 5. The van der Waals surface area contributed by atoms with Gasteiger partial charge in [0, 0.05) is 12.8 Å². The first-order chi connectivity index (χ1) is 22.1. The lowest BCUT2D eigenvalue weighted by atomic mass is 10.1. The van der Waals surface area contributed by atoms with E-state index in [1.165, 1.54) is 44.9 Å². The SMILES string of the molecule is CCC/C=C/C=C/C=C/C=C/C=C/CCCCCCCC(=O)OC(CO)COC(=O)CC/C=C/C/C=C/CCCCCCCC. The predicted molar refractivity (Wildman–Crippen MR) is 191 cm³/mol. The van der Waals surface area contributed by atoms with E-state index in [4.69, 9.17) is 9.47 Å². The van der Waals surface area contributed by atoms with E-state index in [1.54, 1.807) is 0 Å². The van der Waals surface area contributed by atoms with Gasteiger partial charge in [0.1, 0.15) is 6.61 Å². The minimum Gasteiger partial charge on any atom is -0.462 e. The van der Waals surface area contributed by atoms with Gasteiger partial charge in [-0.1, -0.05) is 157 Å². The van der Waals surface area contributed by atoms with Crippen molar-refractivity contribution in [3.8, 4) is 0 Å². The van der Waals surface area contributed by atoms with Crippen LogP contribution in [0.25, 0.3) is 0 Å². The standard InChI is InChI=1S/C40H64O5/c1-3-5-7-9-11-13-15-17-18-19-20-21-23-25-27-29-31-33-35-40(43)45-38(36-41)37-44-39(42)34-32-30-28-26-24-22-16-14-12-10-8-6-4-2/h7,9,11,13,15,17-22,24,28,30,38,41H,3-6,8,10,12,14,16,23,25-27,29,31-37H2,1-2H3/b9-7+,13-11+,17-15+,19-18+,21-20+,24-22+,30-28+. The monoisotopic (exact) mass is 624 g/mol. The molecule has 0 radical (unpaired) electrons. The van der Waals surface area contributed by atoms with E-state index in [9.17, 15) is 14.7 Å². The molecular formula is C40H64O5. The molecule has 5 heteroatoms. The summed E-state index contributed by atoms with van der Waals surface area (Å²) in [5.41, 5.74) is 0. The Balaban J connectivity index is 3.76. The topological polar surface area (TPSA) is 72.8 Å². The fourth-order valence-electron chi connectivity index (χ4n) is 4.34. The van der Waals surface area contributed by atoms with Crippen LogP contribution >= 0.6 is 0 Å². The van der Waals surface area contributed by atoms with Gasteiger partial charge in [0.2, 0.25) is 0 Å². The summed E-state index contributed by atoms with van der Waals surface area (Å²) in [5.74, 6) is -0.709. The number of rotatable bonds is 30. The molecule has 254 valence electrons. The molecule has 0 aromatic carbocycles. The number of allylic oxidation sites excluding steroid dienone is 14. The van der Waals surface area contributed by atoms with Gasteiger partial charge in [-0.3, -0.25) is 9.59 Å². The van der Waals surface area contributed by atoms with Crippen molar-refractivity contribution in [3.63, 3.8) is 0 Å². The fourth-order valence-corrected chi connectivity index (χ4v) is 4.34. The van der Waals surface area contributed by atoms with Gasteiger partial charge in [-0.2, -0.15) is 0 Å². The normalized spacial score (nSPS) is 13.2. The van der Waals surface area contributed by atoms with Gasteiger partial charge in [-0.25, -0.2) is 0 Å². The molecule has 1 unspecified atom stereocenters. The first-order valence-electron chi connectivity index (χ1n) is 17.7. The number of unbranched alkanes of at least 4 members (excludes halogenated alkanes) is 12. The van der Waals surface area contributed by atoms with Gasteiger partial charge < -0.3 is 14.6 Å². The molecule has 1 atom stereocenters. The highest BCUT2D eigenvalue weighted by Gasteiger charge is 2.15. The summed E-state index contributed by atoms with van der Waals surface area (Å²) < 4.78 is 10.5. The Morgan fingerprint density at radius 2 is 1.07 bits per heavy atom. The number of carbonyl (C=O) groups excluding carboxylic acids is 2. The molecule has 0 saturated carbocycles. The van der Waals surface area contributed by atoms with Crippen LogP contribution in [0.2, 0.25) is 0 Å². The van der Waals surface area contributed by atoms with Gasteiger partial charge in [-0.05, 0) is 51.4 Å². The van der Waals surface area contributed by atoms with Gasteiger partial charge in [0.25, 0.3) is 0 Å². The van der Waals surface area contributed by atoms with Crippen molar-refractivity contribution < 1.29 is 24.2 Å². The Hall–Kier alpha value is -2.92. The summed E-state index contributed by atoms with van der Waals surface area (Å²) >= 11 is 0. The average Bonchev–Trinajstić information content (AvgIpc) is 3.04. The van der Waals surface area contributed by atoms with Gasteiger partial charge in [-0.15, -0.1) is 0 Å². The van der Waals surface area contributed by atoms with E-state index < -0.39 is 6.10 Å². The smallest absolute Gasteiger partial charge is 0.306 e. The van der Waals surface area contributed by atoms with Gasteiger partial charge >= 0.3 is 11.9 Å². The Morgan fingerprint density at radius 1 is 0.533 bits per heavy atom. The van der Waals surface area contributed by atoms with Crippen LogP contribution < -0.4 is 0 Å². The molecule has 0 fully saturated rings. The quantitative estimate of drug-likeness (QED) is 0.0372. The number of hydrogen-bond donors (Lipinski definition) is 1. The Kier molecular flexibility index (Phi) is 33.3. The average molecular weight is 625 g/mol. The number of carbonyl (C=O) groups is 2. The van der Waals surface area contributed by atoms with Crippen molar-refractivity contribution >= 4 is 11.9 Å². The van der Waals surface area contributed by atoms with Gasteiger partial charge in [0.15, 0.2) is 6.10 Å². The minimum atomic E-state index is -0.811. The zero-order chi connectivity index (χ0) is 32.9. The van der Waals surface area contributed by atoms with Crippen molar-refractivity contribution in [1.29, 1.82) is 0 Å². The van der Waals surface area contributed by atoms with Crippen LogP contribution in [-0.2, 0) is 19.1 Å². The number of ether oxygens (including phenoxy) is 2. The predicted octanol–water partition coefficient (Wildman–Crippen LogP) is 10.8. The second kappa shape index (κ2) is 35.6. The largest absolute Gasteiger partial charge is 0.462 e. The van der Waals surface area contributed by atoms with E-state index in [-0.39, 0.29) is 31.6 Å². The third kappa shape index (κ3) is 33.8. The van der Waals surface area contributed by atoms with Crippen LogP contribution in [-0.4, -0.2) is 36.4 Å². The lowest BCUT2D eigenvalue weighted by molar-refractivity contribution is -0.161.